The molecular formula is C8H10Cl2Si. The monoisotopic (exact) mass is 204 g/mol. The zero-order valence-corrected chi connectivity index (χ0v) is 10.1. The summed E-state index contributed by atoms with van der Waals surface area (Å²) in [4.78, 5) is 0. The van der Waals surface area contributed by atoms with Gasteiger partial charge in [0.2, 0.25) is 0 Å². The summed E-state index contributed by atoms with van der Waals surface area (Å²) in [6.45, 7) is 2.17. The third-order valence-electron chi connectivity index (χ3n) is 1.55. The Morgan fingerprint density at radius 2 is 1.64 bits per heavy atom. The van der Waals surface area contributed by atoms with Crippen LogP contribution in [0.3, 0.4) is 0 Å². The van der Waals surface area contributed by atoms with Gasteiger partial charge >= 0.3 is 0 Å². The summed E-state index contributed by atoms with van der Waals surface area (Å²) < 4.78 is 0. The molecule has 0 bridgehead atoms. The first-order valence-electron chi connectivity index (χ1n) is 3.55. The lowest BCUT2D eigenvalue weighted by Gasteiger charge is -2.05. The van der Waals surface area contributed by atoms with E-state index in [0.29, 0.717) is 5.54 Å². The molecule has 0 aliphatic heterocycles. The van der Waals surface area contributed by atoms with Crippen LogP contribution in [-0.2, 0) is 0 Å². The first-order valence-corrected chi connectivity index (χ1v) is 5.46. The molecule has 0 aliphatic carbocycles. The van der Waals surface area contributed by atoms with Crippen molar-refractivity contribution >= 4 is 33.4 Å². The Bertz CT molecular complexity index is 238. The number of benzene rings is 1. The van der Waals surface area contributed by atoms with Crippen LogP contribution in [0.5, 0.6) is 0 Å². The molecule has 0 N–H and O–H groups in total. The average molecular weight is 205 g/mol. The molecule has 0 aliphatic rings. The van der Waals surface area contributed by atoms with Crippen molar-refractivity contribution in [1.82, 2.24) is 0 Å². The minimum atomic E-state index is 0.617. The molecule has 0 fully saturated rings. The summed E-state index contributed by atoms with van der Waals surface area (Å²) in [5, 5.41) is 1.46. The third-order valence-corrected chi connectivity index (χ3v) is 2.65. The molecule has 0 saturated heterocycles. The molecule has 1 aromatic carbocycles. The highest BCUT2D eigenvalue weighted by atomic mass is 35.5. The maximum atomic E-state index is 5.83. The molecule has 0 aromatic heterocycles. The zero-order valence-electron chi connectivity index (χ0n) is 6.57. The second-order valence-corrected chi connectivity index (χ2v) is 5.46. The van der Waals surface area contributed by atoms with Gasteiger partial charge in [-0.1, -0.05) is 30.1 Å². The van der Waals surface area contributed by atoms with Crippen LogP contribution in [0.25, 0.3) is 0 Å². The summed E-state index contributed by atoms with van der Waals surface area (Å²) >= 11 is 11.7. The summed E-state index contributed by atoms with van der Waals surface area (Å²) in [7, 11) is 1.14. The van der Waals surface area contributed by atoms with E-state index >= 15 is 0 Å². The van der Waals surface area contributed by atoms with Crippen LogP contribution in [0.2, 0.25) is 10.0 Å². The van der Waals surface area contributed by atoms with Gasteiger partial charge in [0, 0.05) is 20.3 Å². The van der Waals surface area contributed by atoms with Crippen LogP contribution in [0.15, 0.2) is 18.2 Å². The van der Waals surface area contributed by atoms with Gasteiger partial charge in [0.25, 0.3) is 0 Å². The fraction of sp³-hybridized carbons (Fsp3) is 0.250. The van der Waals surface area contributed by atoms with Gasteiger partial charge in [-0.3, -0.25) is 0 Å². The number of halogens is 2. The van der Waals surface area contributed by atoms with E-state index in [0.717, 1.165) is 20.3 Å². The van der Waals surface area contributed by atoms with Crippen molar-refractivity contribution in [3.8, 4) is 0 Å². The lowest BCUT2D eigenvalue weighted by atomic mass is 10.2. The molecule has 0 radical (unpaired) electrons. The Morgan fingerprint density at radius 3 is 2.00 bits per heavy atom. The second-order valence-electron chi connectivity index (χ2n) is 2.86. The fourth-order valence-corrected chi connectivity index (χ4v) is 1.78. The van der Waals surface area contributed by atoms with Crippen molar-refractivity contribution in [1.29, 1.82) is 0 Å². The zero-order chi connectivity index (χ0) is 8.43. The molecule has 1 unspecified atom stereocenters. The standard InChI is InChI=1S/C8H10Cl2Si/c1-5(11)6-2-7(9)4-8(10)3-6/h2-5H,1,11H3. The molecule has 0 saturated carbocycles. The van der Waals surface area contributed by atoms with Gasteiger partial charge in [-0.2, -0.15) is 0 Å². The van der Waals surface area contributed by atoms with Crippen molar-refractivity contribution < 1.29 is 0 Å². The van der Waals surface area contributed by atoms with E-state index in [-0.39, 0.29) is 0 Å². The Balaban J connectivity index is 3.08. The molecule has 1 atom stereocenters. The average Bonchev–Trinajstić information content (AvgIpc) is 1.85. The number of hydrogen-bond acceptors (Lipinski definition) is 0. The van der Waals surface area contributed by atoms with Crippen LogP contribution < -0.4 is 0 Å². The summed E-state index contributed by atoms with van der Waals surface area (Å²) in [6.07, 6.45) is 0. The molecule has 1 aromatic rings. The maximum absolute atomic E-state index is 5.83. The van der Waals surface area contributed by atoms with E-state index in [1.165, 1.54) is 5.56 Å². The topological polar surface area (TPSA) is 0 Å². The minimum absolute atomic E-state index is 0.617. The van der Waals surface area contributed by atoms with Crippen LogP contribution >= 0.6 is 23.2 Å². The molecule has 3 heteroatoms. The predicted octanol–water partition coefficient (Wildman–Crippen LogP) is 2.42. The van der Waals surface area contributed by atoms with Gasteiger partial charge in [-0.25, -0.2) is 0 Å². The van der Waals surface area contributed by atoms with Crippen LogP contribution in [-0.4, -0.2) is 10.2 Å². The normalized spacial score (nSPS) is 13.4. The number of hydrogen-bond donors (Lipinski definition) is 0. The lowest BCUT2D eigenvalue weighted by molar-refractivity contribution is 1.08. The molecule has 1 rings (SSSR count). The third kappa shape index (κ3) is 2.51. The Hall–Kier alpha value is 0.0169. The summed E-state index contributed by atoms with van der Waals surface area (Å²) in [5.74, 6) is 0. The smallest absolute Gasteiger partial charge is 0.0423 e. The fourth-order valence-electron chi connectivity index (χ4n) is 0.908. The SMILES string of the molecule is CC([SiH3])c1cc(Cl)cc(Cl)c1. The van der Waals surface area contributed by atoms with Crippen LogP contribution in [0, 0.1) is 0 Å². The Morgan fingerprint density at radius 1 is 1.18 bits per heavy atom. The molecule has 0 spiro atoms. The molecule has 0 heterocycles. The lowest BCUT2D eigenvalue weighted by Crippen LogP contribution is -1.90. The van der Waals surface area contributed by atoms with E-state index < -0.39 is 0 Å². The van der Waals surface area contributed by atoms with E-state index in [1.54, 1.807) is 6.07 Å². The Labute approximate surface area is 79.9 Å². The largest absolute Gasteiger partial charge is 0.0843 e. The maximum Gasteiger partial charge on any atom is 0.0423 e. The van der Waals surface area contributed by atoms with E-state index in [9.17, 15) is 0 Å². The van der Waals surface area contributed by atoms with Gasteiger partial charge in [0.1, 0.15) is 0 Å². The quantitative estimate of drug-likeness (QED) is 0.617. The highest BCUT2D eigenvalue weighted by molar-refractivity contribution is 6.34. The van der Waals surface area contributed by atoms with E-state index in [2.05, 4.69) is 6.92 Å². The van der Waals surface area contributed by atoms with Crippen LogP contribution in [0.1, 0.15) is 18.0 Å². The first-order chi connectivity index (χ1) is 5.09. The molecular weight excluding hydrogens is 195 g/mol. The van der Waals surface area contributed by atoms with Crippen molar-refractivity contribution in [3.63, 3.8) is 0 Å². The predicted molar refractivity (Wildman–Crippen MR) is 54.8 cm³/mol. The number of rotatable bonds is 1. The van der Waals surface area contributed by atoms with Gasteiger partial charge in [-0.15, -0.1) is 0 Å². The molecule has 60 valence electrons. The van der Waals surface area contributed by atoms with Gasteiger partial charge in [0.05, 0.1) is 0 Å². The molecule has 0 amide bonds. The Kier molecular flexibility index (Phi) is 2.99. The van der Waals surface area contributed by atoms with E-state index in [1.807, 2.05) is 12.1 Å². The highest BCUT2D eigenvalue weighted by Crippen LogP contribution is 2.22. The minimum Gasteiger partial charge on any atom is -0.0843 e. The first kappa shape index (κ1) is 9.11. The van der Waals surface area contributed by atoms with Crippen molar-refractivity contribution in [2.45, 2.75) is 12.5 Å². The van der Waals surface area contributed by atoms with Gasteiger partial charge in [0.15, 0.2) is 0 Å². The van der Waals surface area contributed by atoms with Crippen molar-refractivity contribution in [2.75, 3.05) is 0 Å². The summed E-state index contributed by atoms with van der Waals surface area (Å²) in [5.41, 5.74) is 1.86. The second kappa shape index (κ2) is 3.61. The summed E-state index contributed by atoms with van der Waals surface area (Å²) in [6, 6.07) is 5.72. The molecule has 0 nitrogen and oxygen atoms in total. The van der Waals surface area contributed by atoms with Crippen LogP contribution in [0.4, 0.5) is 0 Å². The van der Waals surface area contributed by atoms with E-state index in [4.69, 9.17) is 23.2 Å². The van der Waals surface area contributed by atoms with Crippen molar-refractivity contribution in [2.24, 2.45) is 0 Å². The molecule has 11 heavy (non-hydrogen) atoms. The highest BCUT2D eigenvalue weighted by Gasteiger charge is 2.01. The van der Waals surface area contributed by atoms with Gasteiger partial charge < -0.3 is 0 Å². The van der Waals surface area contributed by atoms with Crippen molar-refractivity contribution in [3.05, 3.63) is 33.8 Å². The van der Waals surface area contributed by atoms with Gasteiger partial charge in [-0.05, 0) is 29.3 Å².